The van der Waals surface area contributed by atoms with E-state index in [1.807, 2.05) is 62.4 Å². The summed E-state index contributed by atoms with van der Waals surface area (Å²) in [5.74, 6) is -0.143. The monoisotopic (exact) mass is 434 g/mol. The number of nitrogens with one attached hydrogen (secondary N) is 3. The highest BCUT2D eigenvalue weighted by atomic mass is 35.5. The van der Waals surface area contributed by atoms with Gasteiger partial charge < -0.3 is 20.9 Å². The van der Waals surface area contributed by atoms with Crippen LogP contribution in [0.1, 0.15) is 21.5 Å². The number of anilines is 4. The van der Waals surface area contributed by atoms with E-state index >= 15 is 0 Å². The molecule has 3 aromatic rings. The smallest absolute Gasteiger partial charge is 0.258 e. The summed E-state index contributed by atoms with van der Waals surface area (Å²) in [4.78, 5) is 15.5. The second-order valence-corrected chi connectivity index (χ2v) is 8.18. The van der Waals surface area contributed by atoms with E-state index < -0.39 is 0 Å². The van der Waals surface area contributed by atoms with Gasteiger partial charge in [0.25, 0.3) is 5.91 Å². The molecule has 1 amide bonds. The number of piperazine rings is 1. The normalized spacial score (nSPS) is 13.7. The van der Waals surface area contributed by atoms with Gasteiger partial charge in [-0.25, -0.2) is 0 Å². The van der Waals surface area contributed by atoms with Crippen LogP contribution in [-0.2, 0) is 0 Å². The summed E-state index contributed by atoms with van der Waals surface area (Å²) >= 11 is 6.26. The van der Waals surface area contributed by atoms with E-state index in [0.29, 0.717) is 10.6 Å². The van der Waals surface area contributed by atoms with Crippen molar-refractivity contribution < 1.29 is 4.79 Å². The zero-order valence-corrected chi connectivity index (χ0v) is 18.6. The fourth-order valence-corrected chi connectivity index (χ4v) is 4.01. The van der Waals surface area contributed by atoms with Crippen LogP contribution >= 0.6 is 11.6 Å². The SMILES string of the molecule is Cc1cccc(Nc2cccc(Cl)c2C)c1C(=O)Nc1ccc(N2CCNCC2)cc1. The maximum absolute atomic E-state index is 13.2. The lowest BCUT2D eigenvalue weighted by molar-refractivity contribution is 0.102. The molecule has 1 heterocycles. The van der Waals surface area contributed by atoms with Crippen LogP contribution in [0.3, 0.4) is 0 Å². The van der Waals surface area contributed by atoms with Crippen LogP contribution in [0.2, 0.25) is 5.02 Å². The molecule has 0 bridgehead atoms. The Labute approximate surface area is 188 Å². The lowest BCUT2D eigenvalue weighted by atomic mass is 10.0. The highest BCUT2D eigenvalue weighted by molar-refractivity contribution is 6.31. The van der Waals surface area contributed by atoms with Crippen LogP contribution < -0.4 is 20.9 Å². The molecule has 0 radical (unpaired) electrons. The molecule has 0 aliphatic carbocycles. The van der Waals surface area contributed by atoms with Gasteiger partial charge in [-0.3, -0.25) is 4.79 Å². The summed E-state index contributed by atoms with van der Waals surface area (Å²) in [6, 6.07) is 19.6. The van der Waals surface area contributed by atoms with E-state index in [2.05, 4.69) is 33.0 Å². The van der Waals surface area contributed by atoms with Gasteiger partial charge in [-0.15, -0.1) is 0 Å². The number of rotatable bonds is 5. The maximum Gasteiger partial charge on any atom is 0.258 e. The van der Waals surface area contributed by atoms with E-state index in [1.165, 1.54) is 5.69 Å². The van der Waals surface area contributed by atoms with E-state index in [-0.39, 0.29) is 5.91 Å². The van der Waals surface area contributed by atoms with E-state index in [4.69, 9.17) is 11.6 Å². The number of hydrogen-bond donors (Lipinski definition) is 3. The molecule has 4 rings (SSSR count). The van der Waals surface area contributed by atoms with E-state index in [1.54, 1.807) is 0 Å². The molecule has 3 aromatic carbocycles. The first-order valence-corrected chi connectivity index (χ1v) is 10.9. The zero-order valence-electron chi connectivity index (χ0n) is 17.8. The van der Waals surface area contributed by atoms with Crippen LogP contribution in [-0.4, -0.2) is 32.1 Å². The third-order valence-electron chi connectivity index (χ3n) is 5.64. The first-order valence-electron chi connectivity index (χ1n) is 10.5. The number of carbonyl (C=O) groups is 1. The third-order valence-corrected chi connectivity index (χ3v) is 6.05. The van der Waals surface area contributed by atoms with Gasteiger partial charge in [-0.05, 0) is 67.4 Å². The van der Waals surface area contributed by atoms with Gasteiger partial charge in [0.2, 0.25) is 0 Å². The molecular weight excluding hydrogens is 408 g/mol. The Bertz CT molecular complexity index is 1080. The Hall–Kier alpha value is -3.02. The molecule has 0 spiro atoms. The Morgan fingerprint density at radius 3 is 2.35 bits per heavy atom. The number of halogens is 1. The van der Waals surface area contributed by atoms with Crippen molar-refractivity contribution in [1.29, 1.82) is 0 Å². The first-order chi connectivity index (χ1) is 15.0. The van der Waals surface area contributed by atoms with Crippen LogP contribution in [0, 0.1) is 13.8 Å². The summed E-state index contributed by atoms with van der Waals surface area (Å²) in [6.07, 6.45) is 0. The van der Waals surface area contributed by atoms with Gasteiger partial charge >= 0.3 is 0 Å². The summed E-state index contributed by atoms with van der Waals surface area (Å²) in [6.45, 7) is 7.87. The minimum atomic E-state index is -0.143. The third kappa shape index (κ3) is 4.84. The molecular formula is C25H27ClN4O. The van der Waals surface area contributed by atoms with Crippen LogP contribution in [0.15, 0.2) is 60.7 Å². The minimum absolute atomic E-state index is 0.143. The molecule has 0 saturated carbocycles. The van der Waals surface area contributed by atoms with Gasteiger partial charge in [0.15, 0.2) is 0 Å². The highest BCUT2D eigenvalue weighted by Gasteiger charge is 2.16. The quantitative estimate of drug-likeness (QED) is 0.505. The van der Waals surface area contributed by atoms with Crippen molar-refractivity contribution in [2.24, 2.45) is 0 Å². The molecule has 1 aliphatic heterocycles. The van der Waals surface area contributed by atoms with Crippen molar-refractivity contribution in [3.8, 4) is 0 Å². The number of hydrogen-bond acceptors (Lipinski definition) is 4. The van der Waals surface area contributed by atoms with Gasteiger partial charge in [0.1, 0.15) is 0 Å². The fraction of sp³-hybridized carbons (Fsp3) is 0.240. The van der Waals surface area contributed by atoms with Gasteiger partial charge in [-0.2, -0.15) is 0 Å². The summed E-state index contributed by atoms with van der Waals surface area (Å²) in [5, 5.41) is 10.5. The molecule has 1 aliphatic rings. The van der Waals surface area contributed by atoms with Crippen molar-refractivity contribution in [2.75, 3.05) is 41.7 Å². The second kappa shape index (κ2) is 9.41. The zero-order chi connectivity index (χ0) is 21.8. The standard InChI is InChI=1S/C25H27ClN4O/c1-17-5-3-8-23(29-22-7-4-6-21(26)18(22)2)24(17)25(31)28-19-9-11-20(12-10-19)30-15-13-27-14-16-30/h3-12,27,29H,13-16H2,1-2H3,(H,28,31). The number of aryl methyl sites for hydroxylation is 1. The number of carbonyl (C=O) groups excluding carboxylic acids is 1. The van der Waals surface area contributed by atoms with Crippen LogP contribution in [0.5, 0.6) is 0 Å². The molecule has 31 heavy (non-hydrogen) atoms. The molecule has 0 unspecified atom stereocenters. The lowest BCUT2D eigenvalue weighted by Gasteiger charge is -2.29. The van der Waals surface area contributed by atoms with Crippen molar-refractivity contribution in [2.45, 2.75) is 13.8 Å². The lowest BCUT2D eigenvalue weighted by Crippen LogP contribution is -2.43. The number of nitrogens with zero attached hydrogens (tertiary/aromatic N) is 1. The molecule has 6 heteroatoms. The van der Waals surface area contributed by atoms with Gasteiger partial charge in [0.05, 0.1) is 11.3 Å². The fourth-order valence-electron chi connectivity index (χ4n) is 3.83. The van der Waals surface area contributed by atoms with Crippen molar-refractivity contribution in [3.05, 3.63) is 82.4 Å². The summed E-state index contributed by atoms with van der Waals surface area (Å²) in [7, 11) is 0. The number of amides is 1. The first kappa shape index (κ1) is 21.2. The van der Waals surface area contributed by atoms with Crippen LogP contribution in [0.25, 0.3) is 0 Å². The molecule has 1 saturated heterocycles. The van der Waals surface area contributed by atoms with Crippen molar-refractivity contribution in [1.82, 2.24) is 5.32 Å². The molecule has 0 aromatic heterocycles. The molecule has 160 valence electrons. The average Bonchev–Trinajstić information content (AvgIpc) is 2.78. The summed E-state index contributed by atoms with van der Waals surface area (Å²) in [5.41, 5.74) is 6.05. The maximum atomic E-state index is 13.2. The van der Waals surface area contributed by atoms with Crippen molar-refractivity contribution >= 4 is 40.3 Å². The molecule has 0 atom stereocenters. The van der Waals surface area contributed by atoms with Crippen LogP contribution in [0.4, 0.5) is 22.7 Å². The molecule has 5 nitrogen and oxygen atoms in total. The van der Waals surface area contributed by atoms with Gasteiger partial charge in [-0.1, -0.05) is 29.8 Å². The number of benzene rings is 3. The largest absolute Gasteiger partial charge is 0.369 e. The van der Waals surface area contributed by atoms with Gasteiger partial charge in [0, 0.05) is 48.3 Å². The summed E-state index contributed by atoms with van der Waals surface area (Å²) < 4.78 is 0. The van der Waals surface area contributed by atoms with E-state index in [9.17, 15) is 4.79 Å². The van der Waals surface area contributed by atoms with Crippen molar-refractivity contribution in [3.63, 3.8) is 0 Å². The topological polar surface area (TPSA) is 56.4 Å². The van der Waals surface area contributed by atoms with E-state index in [0.717, 1.165) is 54.4 Å². The second-order valence-electron chi connectivity index (χ2n) is 7.77. The Morgan fingerprint density at radius 1 is 0.935 bits per heavy atom. The predicted molar refractivity (Wildman–Crippen MR) is 130 cm³/mol. The minimum Gasteiger partial charge on any atom is -0.369 e. The Kier molecular flexibility index (Phi) is 6.44. The molecule has 3 N–H and O–H groups in total. The molecule has 1 fully saturated rings. The average molecular weight is 435 g/mol. The Morgan fingerprint density at radius 2 is 1.61 bits per heavy atom. The highest BCUT2D eigenvalue weighted by Crippen LogP contribution is 2.29. The Balaban J connectivity index is 1.54. The predicted octanol–water partition coefficient (Wildman–Crippen LogP) is 5.36.